The summed E-state index contributed by atoms with van der Waals surface area (Å²) in [5.74, 6) is -1.68. The highest BCUT2D eigenvalue weighted by atomic mass is 16.2. The van der Waals surface area contributed by atoms with Gasteiger partial charge < -0.3 is 11.1 Å². The Morgan fingerprint density at radius 3 is 2.12 bits per heavy atom. The van der Waals surface area contributed by atoms with Crippen molar-refractivity contribution >= 4 is 23.3 Å². The first kappa shape index (κ1) is 15.9. The number of ketones is 1. The Labute approximate surface area is 139 Å². The summed E-state index contributed by atoms with van der Waals surface area (Å²) in [6.07, 6.45) is 2.76. The zero-order valence-corrected chi connectivity index (χ0v) is 13.0. The fraction of sp³-hybridized carbons (Fsp3) is 0.158. The highest BCUT2D eigenvalue weighted by molar-refractivity contribution is 6.40. The Kier molecular flexibility index (Phi) is 4.16. The standard InChI is InChI=1S/C19H17N2O3/c20-18(24)17(23)19(10-11-19)14-6-8-15(9-7-14)21-16(22)12-13-4-2-1-3-5-13/h1-9,12H,10-11H2,(H2,20,24)(H,21,22). The van der Waals surface area contributed by atoms with Gasteiger partial charge in [-0.2, -0.15) is 0 Å². The summed E-state index contributed by atoms with van der Waals surface area (Å²) in [4.78, 5) is 35.1. The van der Waals surface area contributed by atoms with E-state index < -0.39 is 17.1 Å². The number of Topliss-reactive ketones (excluding diaryl/α,β-unsaturated/α-hetero) is 1. The van der Waals surface area contributed by atoms with Crippen LogP contribution in [0.4, 0.5) is 5.69 Å². The summed E-state index contributed by atoms with van der Waals surface area (Å²) < 4.78 is 0. The van der Waals surface area contributed by atoms with E-state index in [1.165, 1.54) is 6.42 Å². The second-order valence-electron chi connectivity index (χ2n) is 5.90. The number of hydrogen-bond donors (Lipinski definition) is 2. The van der Waals surface area contributed by atoms with Crippen molar-refractivity contribution in [2.45, 2.75) is 18.3 Å². The number of hydrogen-bond acceptors (Lipinski definition) is 3. The molecule has 1 radical (unpaired) electrons. The smallest absolute Gasteiger partial charge is 0.285 e. The van der Waals surface area contributed by atoms with Gasteiger partial charge in [0, 0.05) is 5.69 Å². The van der Waals surface area contributed by atoms with Gasteiger partial charge in [0.2, 0.25) is 11.7 Å². The van der Waals surface area contributed by atoms with Gasteiger partial charge in [-0.25, -0.2) is 0 Å². The van der Waals surface area contributed by atoms with E-state index in [2.05, 4.69) is 5.32 Å². The van der Waals surface area contributed by atoms with E-state index in [9.17, 15) is 14.4 Å². The Balaban J connectivity index is 1.66. The lowest BCUT2D eigenvalue weighted by atomic mass is 9.91. The van der Waals surface area contributed by atoms with E-state index in [1.807, 2.05) is 30.3 Å². The van der Waals surface area contributed by atoms with Gasteiger partial charge in [-0.15, -0.1) is 0 Å². The minimum absolute atomic E-state index is 0.233. The van der Waals surface area contributed by atoms with Crippen LogP contribution in [0.2, 0.25) is 0 Å². The minimum Gasteiger partial charge on any atom is -0.363 e. The van der Waals surface area contributed by atoms with E-state index >= 15 is 0 Å². The van der Waals surface area contributed by atoms with Crippen molar-refractivity contribution in [3.63, 3.8) is 0 Å². The predicted octanol–water partition coefficient (Wildman–Crippen LogP) is 1.96. The maximum absolute atomic E-state index is 12.0. The summed E-state index contributed by atoms with van der Waals surface area (Å²) >= 11 is 0. The molecule has 1 aliphatic rings. The van der Waals surface area contributed by atoms with Gasteiger partial charge in [-0.05, 0) is 36.1 Å². The Morgan fingerprint density at radius 1 is 0.958 bits per heavy atom. The number of amides is 2. The topological polar surface area (TPSA) is 89.3 Å². The number of primary amides is 1. The van der Waals surface area contributed by atoms with Gasteiger partial charge in [0.1, 0.15) is 0 Å². The van der Waals surface area contributed by atoms with Crippen molar-refractivity contribution in [1.82, 2.24) is 0 Å². The molecule has 0 heterocycles. The third-order valence-electron chi connectivity index (χ3n) is 4.21. The molecule has 0 aliphatic heterocycles. The van der Waals surface area contributed by atoms with Gasteiger partial charge >= 0.3 is 0 Å². The molecule has 3 rings (SSSR count). The third-order valence-corrected chi connectivity index (χ3v) is 4.21. The molecule has 0 spiro atoms. The van der Waals surface area contributed by atoms with Crippen molar-refractivity contribution in [1.29, 1.82) is 0 Å². The van der Waals surface area contributed by atoms with E-state index in [-0.39, 0.29) is 5.91 Å². The lowest BCUT2D eigenvalue weighted by Crippen LogP contribution is -2.33. The molecule has 1 fully saturated rings. The molecule has 1 saturated carbocycles. The lowest BCUT2D eigenvalue weighted by Gasteiger charge is -2.13. The Morgan fingerprint density at radius 2 is 1.58 bits per heavy atom. The number of anilines is 1. The lowest BCUT2D eigenvalue weighted by molar-refractivity contribution is -0.137. The highest BCUT2D eigenvalue weighted by Crippen LogP contribution is 2.49. The van der Waals surface area contributed by atoms with E-state index in [0.29, 0.717) is 18.5 Å². The van der Waals surface area contributed by atoms with Crippen LogP contribution < -0.4 is 11.1 Å². The summed E-state index contributed by atoms with van der Waals surface area (Å²) in [5, 5.41) is 2.77. The van der Waals surface area contributed by atoms with Crippen LogP contribution in [0.15, 0.2) is 54.6 Å². The molecule has 0 atom stereocenters. The van der Waals surface area contributed by atoms with Crippen LogP contribution in [0, 0.1) is 6.42 Å². The number of carbonyl (C=O) groups is 3. The summed E-state index contributed by atoms with van der Waals surface area (Å²) in [5.41, 5.74) is 6.56. The Bertz CT molecular complexity index is 778. The maximum Gasteiger partial charge on any atom is 0.285 e. The second-order valence-corrected chi connectivity index (χ2v) is 5.90. The number of benzene rings is 2. The van der Waals surface area contributed by atoms with Gasteiger partial charge in [0.15, 0.2) is 0 Å². The predicted molar refractivity (Wildman–Crippen MR) is 90.0 cm³/mol. The molecular formula is C19H17N2O3. The van der Waals surface area contributed by atoms with Gasteiger partial charge in [-0.1, -0.05) is 42.5 Å². The molecule has 5 nitrogen and oxygen atoms in total. The van der Waals surface area contributed by atoms with E-state index in [0.717, 1.165) is 11.1 Å². The van der Waals surface area contributed by atoms with Crippen molar-refractivity contribution in [2.75, 3.05) is 5.32 Å². The van der Waals surface area contributed by atoms with E-state index in [1.54, 1.807) is 24.3 Å². The second kappa shape index (κ2) is 6.28. The van der Waals surface area contributed by atoms with Crippen LogP contribution >= 0.6 is 0 Å². The quantitative estimate of drug-likeness (QED) is 0.797. The largest absolute Gasteiger partial charge is 0.363 e. The first-order valence-electron chi connectivity index (χ1n) is 7.67. The zero-order valence-electron chi connectivity index (χ0n) is 13.0. The molecule has 1 aliphatic carbocycles. The molecule has 24 heavy (non-hydrogen) atoms. The molecular weight excluding hydrogens is 304 g/mol. The molecule has 0 bridgehead atoms. The van der Waals surface area contributed by atoms with Crippen molar-refractivity contribution < 1.29 is 14.4 Å². The molecule has 0 unspecified atom stereocenters. The minimum atomic E-state index is -0.901. The van der Waals surface area contributed by atoms with Gasteiger partial charge in [0.05, 0.1) is 11.8 Å². The number of carbonyl (C=O) groups excluding carboxylic acids is 3. The molecule has 0 saturated heterocycles. The number of nitrogens with two attached hydrogens (primary N) is 1. The summed E-state index contributed by atoms with van der Waals surface area (Å²) in [6, 6.07) is 16.2. The van der Waals surface area contributed by atoms with Crippen molar-refractivity contribution in [3.05, 3.63) is 72.1 Å². The monoisotopic (exact) mass is 321 g/mol. The van der Waals surface area contributed by atoms with Gasteiger partial charge in [0.25, 0.3) is 5.91 Å². The maximum atomic E-state index is 12.0. The molecule has 2 amide bonds. The van der Waals surface area contributed by atoms with Crippen LogP contribution in [0.3, 0.4) is 0 Å². The van der Waals surface area contributed by atoms with Crippen molar-refractivity contribution in [3.8, 4) is 0 Å². The zero-order chi connectivity index (χ0) is 17.2. The van der Waals surface area contributed by atoms with E-state index in [4.69, 9.17) is 5.73 Å². The fourth-order valence-electron chi connectivity index (χ4n) is 2.76. The highest BCUT2D eigenvalue weighted by Gasteiger charge is 2.52. The average Bonchev–Trinajstić information content (AvgIpc) is 3.37. The molecule has 2 aromatic rings. The normalized spacial score (nSPS) is 14.7. The fourth-order valence-corrected chi connectivity index (χ4v) is 2.76. The first-order chi connectivity index (χ1) is 11.5. The van der Waals surface area contributed by atoms with Crippen molar-refractivity contribution in [2.24, 2.45) is 5.73 Å². The average molecular weight is 321 g/mol. The number of rotatable bonds is 6. The SMILES string of the molecule is NC(=O)C(=O)C1(c2ccc(NC(=O)[CH]c3ccccc3)cc2)CC1. The third kappa shape index (κ3) is 3.20. The first-order valence-corrected chi connectivity index (χ1v) is 7.67. The molecule has 0 aromatic heterocycles. The summed E-state index contributed by atoms with van der Waals surface area (Å²) in [6.45, 7) is 0. The van der Waals surface area contributed by atoms with Crippen LogP contribution in [0.1, 0.15) is 24.0 Å². The molecule has 5 heteroatoms. The van der Waals surface area contributed by atoms with Gasteiger partial charge in [-0.3, -0.25) is 14.4 Å². The summed E-state index contributed by atoms with van der Waals surface area (Å²) in [7, 11) is 0. The molecule has 3 N–H and O–H groups in total. The van der Waals surface area contributed by atoms with Crippen LogP contribution in [-0.4, -0.2) is 17.6 Å². The van der Waals surface area contributed by atoms with Crippen LogP contribution in [0.25, 0.3) is 0 Å². The Hall–Kier alpha value is -2.95. The van der Waals surface area contributed by atoms with Crippen LogP contribution in [0.5, 0.6) is 0 Å². The molecule has 121 valence electrons. The number of nitrogens with one attached hydrogen (secondary N) is 1. The molecule has 2 aromatic carbocycles. The van der Waals surface area contributed by atoms with Crippen LogP contribution in [-0.2, 0) is 19.8 Å².